The summed E-state index contributed by atoms with van der Waals surface area (Å²) in [6.45, 7) is 2.08. The summed E-state index contributed by atoms with van der Waals surface area (Å²) >= 11 is 0. The number of pyridine rings is 1. The second kappa shape index (κ2) is 6.14. The van der Waals surface area contributed by atoms with E-state index in [4.69, 9.17) is 0 Å². The van der Waals surface area contributed by atoms with Crippen molar-refractivity contribution in [3.8, 4) is 0 Å². The Bertz CT molecular complexity index is 534. The maximum atomic E-state index is 11.4. The van der Waals surface area contributed by atoms with Crippen molar-refractivity contribution in [3.63, 3.8) is 0 Å². The minimum Gasteiger partial charge on any atom is -0.481 e. The molecule has 2 rings (SSSR count). The van der Waals surface area contributed by atoms with Gasteiger partial charge in [0.1, 0.15) is 0 Å². The summed E-state index contributed by atoms with van der Waals surface area (Å²) in [6.07, 6.45) is 4.83. The number of rotatable bonds is 5. The highest BCUT2D eigenvalue weighted by Crippen LogP contribution is 2.21. The lowest BCUT2D eigenvalue weighted by Crippen LogP contribution is -2.14. The Morgan fingerprint density at radius 1 is 1.21 bits per heavy atom. The molecule has 3 heteroatoms. The van der Waals surface area contributed by atoms with Crippen LogP contribution in [0.4, 0.5) is 0 Å². The van der Waals surface area contributed by atoms with Crippen LogP contribution in [0, 0.1) is 0 Å². The van der Waals surface area contributed by atoms with Gasteiger partial charge in [-0.05, 0) is 35.6 Å². The molecule has 3 nitrogen and oxygen atoms in total. The SMILES string of the molecule is CCc1ccc(C(Cc2cccnc2)C(=O)O)cc1. The Morgan fingerprint density at radius 3 is 2.47 bits per heavy atom. The average molecular weight is 255 g/mol. The lowest BCUT2D eigenvalue weighted by Gasteiger charge is -2.13. The van der Waals surface area contributed by atoms with Crippen molar-refractivity contribution in [2.75, 3.05) is 0 Å². The first-order chi connectivity index (χ1) is 9.20. The fourth-order valence-electron chi connectivity index (χ4n) is 2.09. The van der Waals surface area contributed by atoms with Crippen LogP contribution in [-0.2, 0) is 17.6 Å². The predicted octanol–water partition coefficient (Wildman–Crippen LogP) is 3.05. The van der Waals surface area contributed by atoms with Crippen molar-refractivity contribution in [1.82, 2.24) is 4.98 Å². The fourth-order valence-corrected chi connectivity index (χ4v) is 2.09. The van der Waals surface area contributed by atoms with Gasteiger partial charge in [0.2, 0.25) is 0 Å². The summed E-state index contributed by atoms with van der Waals surface area (Å²) in [5.74, 6) is -1.32. The van der Waals surface area contributed by atoms with Gasteiger partial charge in [0.05, 0.1) is 5.92 Å². The van der Waals surface area contributed by atoms with Crippen LogP contribution in [-0.4, -0.2) is 16.1 Å². The van der Waals surface area contributed by atoms with Crippen LogP contribution in [0.2, 0.25) is 0 Å². The maximum Gasteiger partial charge on any atom is 0.311 e. The number of hydrogen-bond acceptors (Lipinski definition) is 2. The molecule has 1 N–H and O–H groups in total. The Morgan fingerprint density at radius 2 is 1.95 bits per heavy atom. The molecular weight excluding hydrogens is 238 g/mol. The topological polar surface area (TPSA) is 50.2 Å². The molecule has 2 aromatic rings. The molecule has 0 saturated carbocycles. The predicted molar refractivity (Wildman–Crippen MR) is 74.1 cm³/mol. The van der Waals surface area contributed by atoms with E-state index in [1.807, 2.05) is 36.4 Å². The summed E-state index contributed by atoms with van der Waals surface area (Å²) in [4.78, 5) is 15.5. The van der Waals surface area contributed by atoms with Crippen molar-refractivity contribution in [2.24, 2.45) is 0 Å². The monoisotopic (exact) mass is 255 g/mol. The number of carboxylic acid groups (broad SMARTS) is 1. The van der Waals surface area contributed by atoms with E-state index in [1.165, 1.54) is 5.56 Å². The van der Waals surface area contributed by atoms with Crippen molar-refractivity contribution < 1.29 is 9.90 Å². The first-order valence-electron chi connectivity index (χ1n) is 6.41. The van der Waals surface area contributed by atoms with Gasteiger partial charge in [0.25, 0.3) is 0 Å². The van der Waals surface area contributed by atoms with E-state index in [-0.39, 0.29) is 0 Å². The zero-order valence-corrected chi connectivity index (χ0v) is 10.9. The van der Waals surface area contributed by atoms with Gasteiger partial charge in [-0.3, -0.25) is 9.78 Å². The minimum absolute atomic E-state index is 0.467. The standard InChI is InChI=1S/C16H17NO2/c1-2-12-5-7-14(8-6-12)15(16(18)19)10-13-4-3-9-17-11-13/h3-9,11,15H,2,10H2,1H3,(H,18,19). The summed E-state index contributed by atoms with van der Waals surface area (Å²) in [5, 5.41) is 9.39. The quantitative estimate of drug-likeness (QED) is 0.893. The zero-order chi connectivity index (χ0) is 13.7. The third-order valence-electron chi connectivity index (χ3n) is 3.25. The van der Waals surface area contributed by atoms with Crippen LogP contribution in [0.1, 0.15) is 29.5 Å². The van der Waals surface area contributed by atoms with Gasteiger partial charge >= 0.3 is 5.97 Å². The number of aliphatic carboxylic acids is 1. The molecular formula is C16H17NO2. The number of hydrogen-bond donors (Lipinski definition) is 1. The van der Waals surface area contributed by atoms with Crippen LogP contribution in [0.3, 0.4) is 0 Å². The largest absolute Gasteiger partial charge is 0.481 e. The third kappa shape index (κ3) is 3.41. The van der Waals surface area contributed by atoms with Gasteiger partial charge in [-0.15, -0.1) is 0 Å². The first kappa shape index (κ1) is 13.3. The van der Waals surface area contributed by atoms with E-state index in [0.29, 0.717) is 6.42 Å². The molecule has 0 aliphatic carbocycles. The van der Waals surface area contributed by atoms with Gasteiger partial charge in [-0.1, -0.05) is 37.3 Å². The van der Waals surface area contributed by atoms with E-state index in [1.54, 1.807) is 12.4 Å². The summed E-state index contributed by atoms with van der Waals surface area (Å²) in [5.41, 5.74) is 3.00. The molecule has 0 amide bonds. The summed E-state index contributed by atoms with van der Waals surface area (Å²) in [6, 6.07) is 11.5. The smallest absolute Gasteiger partial charge is 0.311 e. The van der Waals surface area contributed by atoms with Crippen LogP contribution in [0.5, 0.6) is 0 Å². The van der Waals surface area contributed by atoms with Crippen molar-refractivity contribution in [1.29, 1.82) is 0 Å². The Balaban J connectivity index is 2.22. The molecule has 98 valence electrons. The van der Waals surface area contributed by atoms with Crippen LogP contribution < -0.4 is 0 Å². The first-order valence-corrected chi connectivity index (χ1v) is 6.41. The van der Waals surface area contributed by atoms with E-state index < -0.39 is 11.9 Å². The van der Waals surface area contributed by atoms with Crippen molar-refractivity contribution in [2.45, 2.75) is 25.7 Å². The number of carbonyl (C=O) groups is 1. The third-order valence-corrected chi connectivity index (χ3v) is 3.25. The normalized spacial score (nSPS) is 12.1. The Kier molecular flexibility index (Phi) is 4.29. The maximum absolute atomic E-state index is 11.4. The van der Waals surface area contributed by atoms with Gasteiger partial charge < -0.3 is 5.11 Å². The number of aromatic nitrogens is 1. The van der Waals surface area contributed by atoms with Gasteiger partial charge in [-0.2, -0.15) is 0 Å². The number of nitrogens with zero attached hydrogens (tertiary/aromatic N) is 1. The van der Waals surface area contributed by atoms with Gasteiger partial charge in [0, 0.05) is 12.4 Å². The van der Waals surface area contributed by atoms with E-state index in [2.05, 4.69) is 11.9 Å². The lowest BCUT2D eigenvalue weighted by molar-refractivity contribution is -0.138. The minimum atomic E-state index is -0.798. The van der Waals surface area contributed by atoms with E-state index >= 15 is 0 Å². The fraction of sp³-hybridized carbons (Fsp3) is 0.250. The molecule has 0 aliphatic heterocycles. The molecule has 1 aromatic carbocycles. The van der Waals surface area contributed by atoms with Crippen LogP contribution in [0.25, 0.3) is 0 Å². The molecule has 1 atom stereocenters. The highest BCUT2D eigenvalue weighted by atomic mass is 16.4. The molecule has 0 fully saturated rings. The molecule has 0 radical (unpaired) electrons. The van der Waals surface area contributed by atoms with Gasteiger partial charge in [-0.25, -0.2) is 0 Å². The summed E-state index contributed by atoms with van der Waals surface area (Å²) < 4.78 is 0. The second-order valence-electron chi connectivity index (χ2n) is 4.55. The molecule has 1 aromatic heterocycles. The lowest BCUT2D eigenvalue weighted by atomic mass is 9.92. The highest BCUT2D eigenvalue weighted by Gasteiger charge is 2.20. The zero-order valence-electron chi connectivity index (χ0n) is 10.9. The van der Waals surface area contributed by atoms with E-state index in [0.717, 1.165) is 17.5 Å². The molecule has 0 spiro atoms. The molecule has 1 unspecified atom stereocenters. The van der Waals surface area contributed by atoms with E-state index in [9.17, 15) is 9.90 Å². The number of aryl methyl sites for hydroxylation is 1. The second-order valence-corrected chi connectivity index (χ2v) is 4.55. The summed E-state index contributed by atoms with van der Waals surface area (Å²) in [7, 11) is 0. The van der Waals surface area contributed by atoms with Crippen LogP contribution >= 0.6 is 0 Å². The Hall–Kier alpha value is -2.16. The average Bonchev–Trinajstić information content (AvgIpc) is 2.46. The number of carboxylic acids is 1. The highest BCUT2D eigenvalue weighted by molar-refractivity contribution is 5.76. The Labute approximate surface area is 112 Å². The molecule has 0 bridgehead atoms. The van der Waals surface area contributed by atoms with Crippen molar-refractivity contribution in [3.05, 3.63) is 65.5 Å². The van der Waals surface area contributed by atoms with Crippen molar-refractivity contribution >= 4 is 5.97 Å². The molecule has 19 heavy (non-hydrogen) atoms. The number of benzene rings is 1. The van der Waals surface area contributed by atoms with Crippen LogP contribution in [0.15, 0.2) is 48.8 Å². The molecule has 0 saturated heterocycles. The van der Waals surface area contributed by atoms with Gasteiger partial charge in [0.15, 0.2) is 0 Å². The molecule has 1 heterocycles. The molecule has 0 aliphatic rings.